The molecular formula is C14H22O4. The van der Waals surface area contributed by atoms with Crippen LogP contribution in [0.15, 0.2) is 24.8 Å². The van der Waals surface area contributed by atoms with Crippen LogP contribution in [0.3, 0.4) is 0 Å². The Bertz CT molecular complexity index is 280. The lowest BCUT2D eigenvalue weighted by Crippen LogP contribution is -2.14. The van der Waals surface area contributed by atoms with E-state index in [1.54, 1.807) is 6.08 Å². The summed E-state index contributed by atoms with van der Waals surface area (Å²) in [5.41, 5.74) is 0.426. The summed E-state index contributed by atoms with van der Waals surface area (Å²) in [6, 6.07) is 0. The molecule has 102 valence electrons. The second-order valence-electron chi connectivity index (χ2n) is 4.34. The maximum Gasteiger partial charge on any atom is 0.335 e. The van der Waals surface area contributed by atoms with Crippen molar-refractivity contribution >= 4 is 5.97 Å². The highest BCUT2D eigenvalue weighted by molar-refractivity contribution is 5.87. The van der Waals surface area contributed by atoms with Crippen LogP contribution in [0, 0.1) is 0 Å². The quantitative estimate of drug-likeness (QED) is 0.208. The largest absolute Gasteiger partial charge is 0.435 e. The van der Waals surface area contributed by atoms with Gasteiger partial charge in [-0.2, -0.15) is 0 Å². The minimum Gasteiger partial charge on any atom is -0.435 e. The van der Waals surface area contributed by atoms with Crippen LogP contribution in [0.2, 0.25) is 0 Å². The van der Waals surface area contributed by atoms with Crippen LogP contribution in [0.1, 0.15) is 32.1 Å². The summed E-state index contributed by atoms with van der Waals surface area (Å²) in [4.78, 5) is 11.5. The number of carbonyl (C=O) groups excluding carboxylic acids is 1. The Hall–Kier alpha value is -1.13. The summed E-state index contributed by atoms with van der Waals surface area (Å²) in [5, 5.41) is 0. The molecule has 0 heterocycles. The van der Waals surface area contributed by atoms with Crippen LogP contribution in [-0.2, 0) is 19.0 Å². The standard InChI is InChI=1S/C14H22O4/c1-3-9-16-11-18-14(15)12(2)8-10-17-13-6-4-5-7-13/h3,13H,1-2,4-11H2. The SMILES string of the molecule is C=CCOCOC(=O)C(=C)CCOC1CCCC1. The molecule has 0 radical (unpaired) electrons. The van der Waals surface area contributed by atoms with Crippen molar-refractivity contribution in [1.29, 1.82) is 0 Å². The van der Waals surface area contributed by atoms with E-state index >= 15 is 0 Å². The van der Waals surface area contributed by atoms with E-state index in [1.807, 2.05) is 0 Å². The fourth-order valence-corrected chi connectivity index (χ4v) is 1.83. The molecule has 0 bridgehead atoms. The van der Waals surface area contributed by atoms with Gasteiger partial charge < -0.3 is 14.2 Å². The lowest BCUT2D eigenvalue weighted by molar-refractivity contribution is -0.150. The van der Waals surface area contributed by atoms with Crippen molar-refractivity contribution in [3.05, 3.63) is 24.8 Å². The van der Waals surface area contributed by atoms with Crippen molar-refractivity contribution in [1.82, 2.24) is 0 Å². The van der Waals surface area contributed by atoms with Gasteiger partial charge in [0.05, 0.1) is 19.3 Å². The van der Waals surface area contributed by atoms with Gasteiger partial charge in [-0.25, -0.2) is 4.79 Å². The lowest BCUT2D eigenvalue weighted by atomic mass is 10.2. The molecule has 1 saturated carbocycles. The minimum atomic E-state index is -0.422. The van der Waals surface area contributed by atoms with Crippen molar-refractivity contribution < 1.29 is 19.0 Å². The van der Waals surface area contributed by atoms with Gasteiger partial charge in [-0.05, 0) is 12.8 Å². The average Bonchev–Trinajstić information content (AvgIpc) is 2.87. The van der Waals surface area contributed by atoms with Crippen molar-refractivity contribution in [2.45, 2.75) is 38.2 Å². The van der Waals surface area contributed by atoms with Gasteiger partial charge in [0, 0.05) is 12.0 Å². The molecule has 1 aliphatic rings. The number of hydrogen-bond donors (Lipinski definition) is 0. The molecule has 0 unspecified atom stereocenters. The van der Waals surface area contributed by atoms with Gasteiger partial charge in [-0.3, -0.25) is 0 Å². The van der Waals surface area contributed by atoms with Crippen molar-refractivity contribution in [3.8, 4) is 0 Å². The van der Waals surface area contributed by atoms with Crippen LogP contribution in [0.5, 0.6) is 0 Å². The fraction of sp³-hybridized carbons (Fsp3) is 0.643. The van der Waals surface area contributed by atoms with E-state index in [4.69, 9.17) is 14.2 Å². The third-order valence-electron chi connectivity index (χ3n) is 2.86. The third-order valence-corrected chi connectivity index (χ3v) is 2.86. The van der Waals surface area contributed by atoms with Gasteiger partial charge >= 0.3 is 5.97 Å². The molecule has 0 N–H and O–H groups in total. The molecule has 0 aromatic carbocycles. The van der Waals surface area contributed by atoms with Gasteiger partial charge in [0.1, 0.15) is 0 Å². The molecule has 1 aliphatic carbocycles. The maximum atomic E-state index is 11.5. The maximum absolute atomic E-state index is 11.5. The molecule has 1 rings (SSSR count). The summed E-state index contributed by atoms with van der Waals surface area (Å²) in [6.45, 7) is 8.02. The molecule has 4 heteroatoms. The molecule has 0 amide bonds. The van der Waals surface area contributed by atoms with Crippen molar-refractivity contribution in [3.63, 3.8) is 0 Å². The Balaban J connectivity index is 2.03. The highest BCUT2D eigenvalue weighted by Crippen LogP contribution is 2.21. The highest BCUT2D eigenvalue weighted by Gasteiger charge is 2.16. The molecule has 4 nitrogen and oxygen atoms in total. The zero-order valence-electron chi connectivity index (χ0n) is 10.9. The van der Waals surface area contributed by atoms with Crippen LogP contribution < -0.4 is 0 Å². The summed E-state index contributed by atoms with van der Waals surface area (Å²) < 4.78 is 15.5. The van der Waals surface area contributed by atoms with E-state index in [1.165, 1.54) is 12.8 Å². The van der Waals surface area contributed by atoms with Crippen LogP contribution in [0.25, 0.3) is 0 Å². The van der Waals surface area contributed by atoms with E-state index < -0.39 is 5.97 Å². The average molecular weight is 254 g/mol. The molecule has 0 aromatic rings. The zero-order valence-corrected chi connectivity index (χ0v) is 10.9. The summed E-state index contributed by atoms with van der Waals surface area (Å²) >= 11 is 0. The first-order chi connectivity index (χ1) is 8.74. The Morgan fingerprint density at radius 1 is 1.33 bits per heavy atom. The monoisotopic (exact) mass is 254 g/mol. The predicted molar refractivity (Wildman–Crippen MR) is 69.1 cm³/mol. The van der Waals surface area contributed by atoms with Crippen LogP contribution >= 0.6 is 0 Å². The second kappa shape index (κ2) is 8.89. The van der Waals surface area contributed by atoms with Crippen molar-refractivity contribution in [2.24, 2.45) is 0 Å². The van der Waals surface area contributed by atoms with E-state index in [9.17, 15) is 4.79 Å². The zero-order chi connectivity index (χ0) is 13.2. The topological polar surface area (TPSA) is 44.8 Å². The van der Waals surface area contributed by atoms with Gasteiger partial charge in [-0.15, -0.1) is 6.58 Å². The normalized spacial score (nSPS) is 15.6. The van der Waals surface area contributed by atoms with Crippen molar-refractivity contribution in [2.75, 3.05) is 20.0 Å². The first kappa shape index (κ1) is 14.9. The van der Waals surface area contributed by atoms with Gasteiger partial charge in [0.15, 0.2) is 6.79 Å². The molecule has 0 aromatic heterocycles. The first-order valence-corrected chi connectivity index (χ1v) is 6.39. The summed E-state index contributed by atoms with van der Waals surface area (Å²) in [5.74, 6) is -0.422. The van der Waals surface area contributed by atoms with Gasteiger partial charge in [-0.1, -0.05) is 25.5 Å². The number of esters is 1. The number of rotatable bonds is 9. The predicted octanol–water partition coefficient (Wildman–Crippen LogP) is 2.60. The smallest absolute Gasteiger partial charge is 0.335 e. The molecule has 1 fully saturated rings. The lowest BCUT2D eigenvalue weighted by Gasteiger charge is -2.11. The number of carbonyl (C=O) groups is 1. The second-order valence-corrected chi connectivity index (χ2v) is 4.34. The van der Waals surface area contributed by atoms with E-state index in [2.05, 4.69) is 13.2 Å². The molecule has 0 saturated heterocycles. The fourth-order valence-electron chi connectivity index (χ4n) is 1.83. The molecular weight excluding hydrogens is 232 g/mol. The number of ether oxygens (including phenoxy) is 3. The van der Waals surface area contributed by atoms with E-state index in [0.29, 0.717) is 31.3 Å². The Morgan fingerprint density at radius 3 is 2.72 bits per heavy atom. The van der Waals surface area contributed by atoms with Crippen LogP contribution in [0.4, 0.5) is 0 Å². The number of hydrogen-bond acceptors (Lipinski definition) is 4. The molecule has 0 aliphatic heterocycles. The van der Waals surface area contributed by atoms with Gasteiger partial charge in [0.2, 0.25) is 0 Å². The molecule has 18 heavy (non-hydrogen) atoms. The first-order valence-electron chi connectivity index (χ1n) is 6.39. The molecule has 0 atom stereocenters. The Morgan fingerprint density at radius 2 is 2.06 bits per heavy atom. The minimum absolute atomic E-state index is 0.0621. The van der Waals surface area contributed by atoms with Crippen LogP contribution in [-0.4, -0.2) is 32.1 Å². The highest BCUT2D eigenvalue weighted by atomic mass is 16.7. The molecule has 0 spiro atoms. The van der Waals surface area contributed by atoms with E-state index in [0.717, 1.165) is 12.8 Å². The Labute approximate surface area is 109 Å². The Kier molecular flexibility index (Phi) is 7.37. The van der Waals surface area contributed by atoms with Gasteiger partial charge in [0.25, 0.3) is 0 Å². The summed E-state index contributed by atoms with van der Waals surface area (Å²) in [6.07, 6.45) is 7.22. The van der Waals surface area contributed by atoms with E-state index in [-0.39, 0.29) is 6.79 Å². The summed E-state index contributed by atoms with van der Waals surface area (Å²) in [7, 11) is 0. The third kappa shape index (κ3) is 5.98.